The zero-order valence-electron chi connectivity index (χ0n) is 9.90. The van der Waals surface area contributed by atoms with Crippen LogP contribution in [-0.2, 0) is 0 Å². The molecule has 2 unspecified atom stereocenters. The van der Waals surface area contributed by atoms with Gasteiger partial charge in [-0.05, 0) is 31.6 Å². The van der Waals surface area contributed by atoms with Gasteiger partial charge in [-0.15, -0.1) is 0 Å². The Labute approximate surface area is 102 Å². The molecule has 1 aromatic carbocycles. The first kappa shape index (κ1) is 11.8. The molecule has 2 N–H and O–H groups in total. The maximum absolute atomic E-state index is 6.41. The summed E-state index contributed by atoms with van der Waals surface area (Å²) < 4.78 is 5.54. The molecule has 1 aromatic rings. The van der Waals surface area contributed by atoms with Gasteiger partial charge in [-0.3, -0.25) is 0 Å². The summed E-state index contributed by atoms with van der Waals surface area (Å²) in [5.74, 6) is 2.13. The van der Waals surface area contributed by atoms with Gasteiger partial charge in [0.1, 0.15) is 5.75 Å². The van der Waals surface area contributed by atoms with Crippen molar-refractivity contribution < 1.29 is 4.74 Å². The Bertz CT molecular complexity index is 361. The Morgan fingerprint density at radius 2 is 2.19 bits per heavy atom. The first-order valence-electron chi connectivity index (χ1n) is 5.70. The predicted molar refractivity (Wildman–Crippen MR) is 70.0 cm³/mol. The number of ether oxygens (including phenoxy) is 1. The fraction of sp³-hybridized carbons (Fsp3) is 0.538. The molecular weight excluding hydrogens is 218 g/mol. The molecule has 1 aliphatic heterocycles. The lowest BCUT2D eigenvalue weighted by atomic mass is 9.90. The van der Waals surface area contributed by atoms with E-state index in [9.17, 15) is 0 Å². The highest BCUT2D eigenvalue weighted by Gasteiger charge is 2.37. The standard InChI is InChI=1S/C13H19NOS/c1-13(8-5-9-16-13)12(14)10-6-3-4-7-11(10)15-2/h3-4,6-7,12H,5,8-9,14H2,1-2H3. The molecule has 88 valence electrons. The molecule has 2 atom stereocenters. The van der Waals surface area contributed by atoms with Crippen molar-refractivity contribution in [1.82, 2.24) is 0 Å². The van der Waals surface area contributed by atoms with Crippen LogP contribution in [0.15, 0.2) is 24.3 Å². The summed E-state index contributed by atoms with van der Waals surface area (Å²) in [5, 5.41) is 0. The minimum atomic E-state index is 0.0520. The molecule has 1 saturated heterocycles. The number of nitrogens with two attached hydrogens (primary N) is 1. The Kier molecular flexibility index (Phi) is 3.45. The minimum Gasteiger partial charge on any atom is -0.496 e. The first-order valence-corrected chi connectivity index (χ1v) is 6.68. The highest BCUT2D eigenvalue weighted by Crippen LogP contribution is 2.46. The Morgan fingerprint density at radius 3 is 2.81 bits per heavy atom. The lowest BCUT2D eigenvalue weighted by Crippen LogP contribution is -2.33. The van der Waals surface area contributed by atoms with Crippen LogP contribution in [0.4, 0.5) is 0 Å². The summed E-state index contributed by atoms with van der Waals surface area (Å²) in [6.45, 7) is 2.27. The molecule has 1 aliphatic rings. The van der Waals surface area contributed by atoms with Crippen molar-refractivity contribution in [3.63, 3.8) is 0 Å². The zero-order chi connectivity index (χ0) is 11.6. The summed E-state index contributed by atoms with van der Waals surface area (Å²) in [6, 6.07) is 8.13. The largest absolute Gasteiger partial charge is 0.496 e. The molecule has 0 saturated carbocycles. The molecule has 1 heterocycles. The van der Waals surface area contributed by atoms with Crippen LogP contribution in [0.2, 0.25) is 0 Å². The van der Waals surface area contributed by atoms with E-state index in [2.05, 4.69) is 13.0 Å². The van der Waals surface area contributed by atoms with Crippen LogP contribution < -0.4 is 10.5 Å². The third-order valence-electron chi connectivity index (χ3n) is 3.38. The van der Waals surface area contributed by atoms with Crippen molar-refractivity contribution in [2.45, 2.75) is 30.6 Å². The second kappa shape index (κ2) is 4.68. The fourth-order valence-corrected chi connectivity index (χ4v) is 3.65. The zero-order valence-corrected chi connectivity index (χ0v) is 10.7. The number of methoxy groups -OCH3 is 1. The molecule has 16 heavy (non-hydrogen) atoms. The van der Waals surface area contributed by atoms with E-state index in [4.69, 9.17) is 10.5 Å². The monoisotopic (exact) mass is 237 g/mol. The van der Waals surface area contributed by atoms with Crippen LogP contribution in [0, 0.1) is 0 Å². The average molecular weight is 237 g/mol. The van der Waals surface area contributed by atoms with Gasteiger partial charge in [-0.1, -0.05) is 18.2 Å². The van der Waals surface area contributed by atoms with Crippen LogP contribution in [0.1, 0.15) is 31.4 Å². The van der Waals surface area contributed by atoms with E-state index in [1.807, 2.05) is 30.0 Å². The number of rotatable bonds is 3. The summed E-state index contributed by atoms with van der Waals surface area (Å²) in [7, 11) is 1.70. The normalized spacial score (nSPS) is 26.7. The van der Waals surface area contributed by atoms with Gasteiger partial charge < -0.3 is 10.5 Å². The second-order valence-electron chi connectivity index (χ2n) is 4.48. The molecule has 0 radical (unpaired) electrons. The van der Waals surface area contributed by atoms with Crippen molar-refractivity contribution in [1.29, 1.82) is 0 Å². The van der Waals surface area contributed by atoms with Gasteiger partial charge in [0.25, 0.3) is 0 Å². The third-order valence-corrected chi connectivity index (χ3v) is 4.99. The Morgan fingerprint density at radius 1 is 1.44 bits per heavy atom. The number of hydrogen-bond donors (Lipinski definition) is 1. The maximum Gasteiger partial charge on any atom is 0.123 e. The van der Waals surface area contributed by atoms with E-state index in [1.165, 1.54) is 18.6 Å². The average Bonchev–Trinajstić information content (AvgIpc) is 2.76. The van der Waals surface area contributed by atoms with Gasteiger partial charge in [0.15, 0.2) is 0 Å². The lowest BCUT2D eigenvalue weighted by Gasteiger charge is -2.31. The van der Waals surface area contributed by atoms with Gasteiger partial charge in [0.2, 0.25) is 0 Å². The SMILES string of the molecule is COc1ccccc1C(N)C1(C)CCCS1. The molecule has 2 rings (SSSR count). The van der Waals surface area contributed by atoms with Crippen molar-refractivity contribution >= 4 is 11.8 Å². The summed E-state index contributed by atoms with van der Waals surface area (Å²) >= 11 is 1.99. The quantitative estimate of drug-likeness (QED) is 0.877. The molecule has 2 nitrogen and oxygen atoms in total. The van der Waals surface area contributed by atoms with Crippen molar-refractivity contribution in [3.05, 3.63) is 29.8 Å². The van der Waals surface area contributed by atoms with E-state index in [-0.39, 0.29) is 10.8 Å². The summed E-state index contributed by atoms with van der Waals surface area (Å²) in [5.41, 5.74) is 7.54. The van der Waals surface area contributed by atoms with Crippen LogP contribution in [0.5, 0.6) is 5.75 Å². The Hall–Kier alpha value is -0.670. The molecule has 0 amide bonds. The van der Waals surface area contributed by atoms with Gasteiger partial charge in [-0.2, -0.15) is 11.8 Å². The van der Waals surface area contributed by atoms with E-state index < -0.39 is 0 Å². The molecule has 0 spiro atoms. The number of hydrogen-bond acceptors (Lipinski definition) is 3. The number of thioether (sulfide) groups is 1. The van der Waals surface area contributed by atoms with Crippen molar-refractivity contribution in [2.24, 2.45) is 5.73 Å². The molecular formula is C13H19NOS. The smallest absolute Gasteiger partial charge is 0.123 e. The molecule has 3 heteroatoms. The van der Waals surface area contributed by atoms with E-state index >= 15 is 0 Å². The van der Waals surface area contributed by atoms with Gasteiger partial charge in [0, 0.05) is 16.4 Å². The predicted octanol–water partition coefficient (Wildman–Crippen LogP) is 2.98. The molecule has 0 bridgehead atoms. The van der Waals surface area contributed by atoms with Crippen LogP contribution in [-0.4, -0.2) is 17.6 Å². The highest BCUT2D eigenvalue weighted by molar-refractivity contribution is 8.00. The van der Waals surface area contributed by atoms with Crippen molar-refractivity contribution in [2.75, 3.05) is 12.9 Å². The highest BCUT2D eigenvalue weighted by atomic mass is 32.2. The van der Waals surface area contributed by atoms with Crippen LogP contribution >= 0.6 is 11.8 Å². The van der Waals surface area contributed by atoms with Gasteiger partial charge in [0.05, 0.1) is 7.11 Å². The second-order valence-corrected chi connectivity index (χ2v) is 6.11. The number of benzene rings is 1. The summed E-state index contributed by atoms with van der Waals surface area (Å²) in [6.07, 6.45) is 2.46. The first-order chi connectivity index (χ1) is 7.67. The van der Waals surface area contributed by atoms with Crippen LogP contribution in [0.25, 0.3) is 0 Å². The molecule has 0 aromatic heterocycles. The topological polar surface area (TPSA) is 35.2 Å². The van der Waals surface area contributed by atoms with Crippen LogP contribution in [0.3, 0.4) is 0 Å². The summed E-state index contributed by atoms with van der Waals surface area (Å²) in [4.78, 5) is 0. The fourth-order valence-electron chi connectivity index (χ4n) is 2.30. The Balaban J connectivity index is 2.29. The van der Waals surface area contributed by atoms with E-state index in [0.29, 0.717) is 0 Å². The number of para-hydroxylation sites is 1. The molecule has 1 fully saturated rings. The van der Waals surface area contributed by atoms with Crippen molar-refractivity contribution in [3.8, 4) is 5.75 Å². The lowest BCUT2D eigenvalue weighted by molar-refractivity contribution is 0.396. The van der Waals surface area contributed by atoms with Gasteiger partial charge >= 0.3 is 0 Å². The van der Waals surface area contributed by atoms with Gasteiger partial charge in [-0.25, -0.2) is 0 Å². The molecule has 0 aliphatic carbocycles. The minimum absolute atomic E-state index is 0.0520. The third kappa shape index (κ3) is 2.06. The maximum atomic E-state index is 6.41. The van der Waals surface area contributed by atoms with E-state index in [0.717, 1.165) is 11.3 Å². The van der Waals surface area contributed by atoms with E-state index in [1.54, 1.807) is 7.11 Å².